The molecule has 1 aromatic carbocycles. The second-order valence-corrected chi connectivity index (χ2v) is 3.95. The van der Waals surface area contributed by atoms with E-state index in [9.17, 15) is 13.6 Å². The van der Waals surface area contributed by atoms with Crippen molar-refractivity contribution >= 4 is 5.91 Å². The second-order valence-electron chi connectivity index (χ2n) is 3.95. The number of unbranched alkanes of at least 4 members (excludes halogenated alkanes) is 3. The molecule has 17 heavy (non-hydrogen) atoms. The van der Waals surface area contributed by atoms with E-state index in [1.54, 1.807) is 0 Å². The molecule has 1 N–H and O–H groups in total. The molecule has 1 amide bonds. The van der Waals surface area contributed by atoms with E-state index in [1.165, 1.54) is 6.07 Å². The molecule has 0 saturated carbocycles. The molecule has 0 aliphatic rings. The van der Waals surface area contributed by atoms with Crippen molar-refractivity contribution in [2.45, 2.75) is 32.6 Å². The molecule has 2 nitrogen and oxygen atoms in total. The topological polar surface area (TPSA) is 29.1 Å². The molecule has 0 saturated heterocycles. The Labute approximate surface area is 100 Å². The van der Waals surface area contributed by atoms with Crippen LogP contribution in [0.1, 0.15) is 43.0 Å². The van der Waals surface area contributed by atoms with Crippen molar-refractivity contribution in [3.8, 4) is 0 Å². The molecule has 94 valence electrons. The highest BCUT2D eigenvalue weighted by atomic mass is 19.2. The Morgan fingerprint density at radius 1 is 1.18 bits per heavy atom. The number of benzene rings is 1. The van der Waals surface area contributed by atoms with Crippen molar-refractivity contribution in [3.05, 3.63) is 35.4 Å². The molecular formula is C13H17F2NO. The fraction of sp³-hybridized carbons (Fsp3) is 0.462. The predicted octanol–water partition coefficient (Wildman–Crippen LogP) is 3.27. The molecule has 1 aromatic rings. The number of nitrogens with one attached hydrogen (secondary N) is 1. The van der Waals surface area contributed by atoms with Crippen LogP contribution in [-0.4, -0.2) is 12.5 Å². The summed E-state index contributed by atoms with van der Waals surface area (Å²) in [4.78, 5) is 11.5. The molecule has 0 aliphatic carbocycles. The van der Waals surface area contributed by atoms with Crippen molar-refractivity contribution in [2.24, 2.45) is 0 Å². The van der Waals surface area contributed by atoms with Crippen LogP contribution in [-0.2, 0) is 0 Å². The summed E-state index contributed by atoms with van der Waals surface area (Å²) in [7, 11) is 0. The molecule has 0 aromatic heterocycles. The fourth-order valence-corrected chi connectivity index (χ4v) is 1.49. The average Bonchev–Trinajstić information content (AvgIpc) is 2.32. The molecule has 1 rings (SSSR count). The monoisotopic (exact) mass is 241 g/mol. The Morgan fingerprint density at radius 2 is 1.94 bits per heavy atom. The smallest absolute Gasteiger partial charge is 0.251 e. The van der Waals surface area contributed by atoms with Gasteiger partial charge >= 0.3 is 0 Å². The number of halogens is 2. The lowest BCUT2D eigenvalue weighted by Crippen LogP contribution is -2.24. The summed E-state index contributed by atoms with van der Waals surface area (Å²) >= 11 is 0. The number of carbonyl (C=O) groups excluding carboxylic acids is 1. The van der Waals surface area contributed by atoms with Crippen molar-refractivity contribution in [1.82, 2.24) is 5.32 Å². The first-order valence-electron chi connectivity index (χ1n) is 5.88. The zero-order valence-corrected chi connectivity index (χ0v) is 9.93. The van der Waals surface area contributed by atoms with Gasteiger partial charge < -0.3 is 5.32 Å². The van der Waals surface area contributed by atoms with E-state index >= 15 is 0 Å². The van der Waals surface area contributed by atoms with Gasteiger partial charge in [0.25, 0.3) is 5.91 Å². The van der Waals surface area contributed by atoms with Gasteiger partial charge in [-0.3, -0.25) is 4.79 Å². The van der Waals surface area contributed by atoms with Gasteiger partial charge in [0, 0.05) is 12.1 Å². The van der Waals surface area contributed by atoms with Crippen molar-refractivity contribution in [2.75, 3.05) is 6.54 Å². The largest absolute Gasteiger partial charge is 0.352 e. The van der Waals surface area contributed by atoms with Gasteiger partial charge in [0.15, 0.2) is 11.6 Å². The Morgan fingerprint density at radius 3 is 2.59 bits per heavy atom. The molecule has 0 unspecified atom stereocenters. The van der Waals surface area contributed by atoms with Crippen molar-refractivity contribution in [3.63, 3.8) is 0 Å². The Kier molecular flexibility index (Phi) is 5.60. The minimum absolute atomic E-state index is 0.152. The van der Waals surface area contributed by atoms with Gasteiger partial charge in [0.2, 0.25) is 0 Å². The minimum atomic E-state index is -0.997. The van der Waals surface area contributed by atoms with E-state index in [0.29, 0.717) is 6.54 Å². The number of carbonyl (C=O) groups is 1. The van der Waals surface area contributed by atoms with E-state index in [2.05, 4.69) is 12.2 Å². The third-order valence-electron chi connectivity index (χ3n) is 2.50. The number of amides is 1. The first-order chi connectivity index (χ1) is 8.15. The number of hydrogen-bond acceptors (Lipinski definition) is 1. The fourth-order valence-electron chi connectivity index (χ4n) is 1.49. The van der Waals surface area contributed by atoms with Crippen LogP contribution in [0.5, 0.6) is 0 Å². The van der Waals surface area contributed by atoms with Gasteiger partial charge in [-0.2, -0.15) is 0 Å². The molecule has 4 heteroatoms. The summed E-state index contributed by atoms with van der Waals surface area (Å²) in [5, 5.41) is 2.68. The van der Waals surface area contributed by atoms with E-state index < -0.39 is 11.6 Å². The zero-order chi connectivity index (χ0) is 12.7. The van der Waals surface area contributed by atoms with E-state index in [4.69, 9.17) is 0 Å². The second kappa shape index (κ2) is 6.99. The third kappa shape index (κ3) is 4.51. The average molecular weight is 241 g/mol. The van der Waals surface area contributed by atoms with Gasteiger partial charge in [-0.15, -0.1) is 0 Å². The standard InChI is InChI=1S/C13H17F2NO/c1-2-3-4-5-8-16-13(17)10-6-7-11(14)12(15)9-10/h6-7,9H,2-5,8H2,1H3,(H,16,17). The molecule has 0 fully saturated rings. The lowest BCUT2D eigenvalue weighted by atomic mass is 10.2. The van der Waals surface area contributed by atoms with Gasteiger partial charge in [0.1, 0.15) is 0 Å². The summed E-state index contributed by atoms with van der Waals surface area (Å²) in [5.74, 6) is -2.30. The SMILES string of the molecule is CCCCCCNC(=O)c1ccc(F)c(F)c1. The molecule has 0 bridgehead atoms. The summed E-state index contributed by atoms with van der Waals surface area (Å²) in [6, 6.07) is 3.15. The van der Waals surface area contributed by atoms with E-state index in [-0.39, 0.29) is 11.5 Å². The maximum absolute atomic E-state index is 12.9. The van der Waals surface area contributed by atoms with Gasteiger partial charge in [-0.05, 0) is 24.6 Å². The molecular weight excluding hydrogens is 224 g/mol. The van der Waals surface area contributed by atoms with Crippen LogP contribution in [0.25, 0.3) is 0 Å². The highest BCUT2D eigenvalue weighted by Gasteiger charge is 2.08. The van der Waals surface area contributed by atoms with Crippen LogP contribution < -0.4 is 5.32 Å². The normalized spacial score (nSPS) is 10.3. The molecule has 0 spiro atoms. The number of hydrogen-bond donors (Lipinski definition) is 1. The lowest BCUT2D eigenvalue weighted by Gasteiger charge is -2.05. The summed E-state index contributed by atoms with van der Waals surface area (Å²) in [6.45, 7) is 2.68. The highest BCUT2D eigenvalue weighted by Crippen LogP contribution is 2.08. The van der Waals surface area contributed by atoms with Gasteiger partial charge in [-0.25, -0.2) is 8.78 Å². The van der Waals surface area contributed by atoms with E-state index in [0.717, 1.165) is 37.8 Å². The lowest BCUT2D eigenvalue weighted by molar-refractivity contribution is 0.0952. The van der Waals surface area contributed by atoms with Gasteiger partial charge in [0.05, 0.1) is 0 Å². The summed E-state index contributed by atoms with van der Waals surface area (Å²) in [6.07, 6.45) is 4.25. The van der Waals surface area contributed by atoms with Crippen LogP contribution in [0, 0.1) is 11.6 Å². The van der Waals surface area contributed by atoms with Crippen LogP contribution >= 0.6 is 0 Å². The Balaban J connectivity index is 2.39. The van der Waals surface area contributed by atoms with Crippen LogP contribution in [0.3, 0.4) is 0 Å². The molecule has 0 aliphatic heterocycles. The first kappa shape index (κ1) is 13.6. The van der Waals surface area contributed by atoms with E-state index in [1.807, 2.05) is 0 Å². The Bertz CT molecular complexity index is 380. The highest BCUT2D eigenvalue weighted by molar-refractivity contribution is 5.94. The maximum Gasteiger partial charge on any atom is 0.251 e. The maximum atomic E-state index is 12.9. The molecule has 0 radical (unpaired) electrons. The van der Waals surface area contributed by atoms with Crippen molar-refractivity contribution < 1.29 is 13.6 Å². The predicted molar refractivity (Wildman–Crippen MR) is 62.8 cm³/mol. The van der Waals surface area contributed by atoms with Crippen LogP contribution in [0.15, 0.2) is 18.2 Å². The van der Waals surface area contributed by atoms with Crippen LogP contribution in [0.2, 0.25) is 0 Å². The summed E-state index contributed by atoms with van der Waals surface area (Å²) in [5.41, 5.74) is 0.152. The number of rotatable bonds is 6. The van der Waals surface area contributed by atoms with Crippen LogP contribution in [0.4, 0.5) is 8.78 Å². The zero-order valence-electron chi connectivity index (χ0n) is 9.93. The van der Waals surface area contributed by atoms with Gasteiger partial charge in [-0.1, -0.05) is 26.2 Å². The minimum Gasteiger partial charge on any atom is -0.352 e. The molecule has 0 atom stereocenters. The third-order valence-corrected chi connectivity index (χ3v) is 2.50. The quantitative estimate of drug-likeness (QED) is 0.761. The first-order valence-corrected chi connectivity index (χ1v) is 5.88. The van der Waals surface area contributed by atoms with Crippen molar-refractivity contribution in [1.29, 1.82) is 0 Å². The molecule has 0 heterocycles. The Hall–Kier alpha value is -1.45. The summed E-state index contributed by atoms with van der Waals surface area (Å²) < 4.78 is 25.5.